The summed E-state index contributed by atoms with van der Waals surface area (Å²) >= 11 is 7.48. The van der Waals surface area contributed by atoms with Gasteiger partial charge in [-0.25, -0.2) is 8.78 Å². The molecule has 0 bridgehead atoms. The molecule has 6 heteroatoms. The van der Waals surface area contributed by atoms with Gasteiger partial charge >= 0.3 is 0 Å². The van der Waals surface area contributed by atoms with Gasteiger partial charge in [0.25, 0.3) is 0 Å². The zero-order chi connectivity index (χ0) is 18.7. The van der Waals surface area contributed by atoms with E-state index in [-0.39, 0.29) is 18.2 Å². The molecule has 0 saturated carbocycles. The van der Waals surface area contributed by atoms with Crippen LogP contribution in [0.4, 0.5) is 8.78 Å². The van der Waals surface area contributed by atoms with Crippen molar-refractivity contribution in [2.24, 2.45) is 0 Å². The van der Waals surface area contributed by atoms with Crippen LogP contribution >= 0.6 is 23.4 Å². The van der Waals surface area contributed by atoms with Crippen molar-refractivity contribution in [1.82, 2.24) is 4.98 Å². The summed E-state index contributed by atoms with van der Waals surface area (Å²) in [6.07, 6.45) is 4.46. The highest BCUT2D eigenvalue weighted by Crippen LogP contribution is 2.37. The zero-order valence-electron chi connectivity index (χ0n) is 14.2. The van der Waals surface area contributed by atoms with E-state index in [1.165, 1.54) is 18.2 Å². The van der Waals surface area contributed by atoms with Gasteiger partial charge in [-0.15, -0.1) is 0 Å². The van der Waals surface area contributed by atoms with Crippen molar-refractivity contribution >= 4 is 34.3 Å². The van der Waals surface area contributed by atoms with E-state index in [0.29, 0.717) is 22.8 Å². The number of aromatic amines is 1. The SMILES string of the molecule is CSCc1cc(F)cc2c(C(CCC#N)c3ccc(Cl)cc3F)c[nH]c12. The Morgan fingerprint density at radius 1 is 1.23 bits per heavy atom. The van der Waals surface area contributed by atoms with Gasteiger partial charge in [0.05, 0.1) is 6.07 Å². The third-order valence-corrected chi connectivity index (χ3v) is 5.26. The van der Waals surface area contributed by atoms with Crippen molar-refractivity contribution in [3.8, 4) is 6.07 Å². The van der Waals surface area contributed by atoms with E-state index in [4.69, 9.17) is 16.9 Å². The fraction of sp³-hybridized carbons (Fsp3) is 0.250. The average molecular weight is 391 g/mol. The summed E-state index contributed by atoms with van der Waals surface area (Å²) in [7, 11) is 0. The molecule has 1 heterocycles. The number of nitrogens with one attached hydrogen (secondary N) is 1. The Morgan fingerprint density at radius 2 is 2.04 bits per heavy atom. The number of rotatable bonds is 6. The number of aromatic nitrogens is 1. The number of H-pyrrole nitrogens is 1. The van der Waals surface area contributed by atoms with Gasteiger partial charge in [0.1, 0.15) is 11.6 Å². The van der Waals surface area contributed by atoms with Crippen molar-refractivity contribution in [1.29, 1.82) is 5.26 Å². The van der Waals surface area contributed by atoms with Crippen LogP contribution in [0.2, 0.25) is 5.02 Å². The minimum atomic E-state index is -0.421. The molecular formula is C20H17ClF2N2S. The number of benzene rings is 2. The van der Waals surface area contributed by atoms with Crippen LogP contribution in [-0.4, -0.2) is 11.2 Å². The van der Waals surface area contributed by atoms with Crippen LogP contribution in [0.25, 0.3) is 10.9 Å². The molecule has 0 radical (unpaired) electrons. The molecule has 3 rings (SSSR count). The van der Waals surface area contributed by atoms with Gasteiger partial charge in [-0.05, 0) is 53.6 Å². The Balaban J connectivity index is 2.17. The van der Waals surface area contributed by atoms with Crippen LogP contribution in [0, 0.1) is 23.0 Å². The second-order valence-corrected chi connectivity index (χ2v) is 7.38. The Hall–Kier alpha value is -2.03. The van der Waals surface area contributed by atoms with E-state index in [9.17, 15) is 8.78 Å². The zero-order valence-corrected chi connectivity index (χ0v) is 15.7. The number of hydrogen-bond acceptors (Lipinski definition) is 2. The van der Waals surface area contributed by atoms with Crippen molar-refractivity contribution in [2.45, 2.75) is 24.5 Å². The van der Waals surface area contributed by atoms with Gasteiger partial charge in [0.2, 0.25) is 0 Å². The van der Waals surface area contributed by atoms with Crippen LogP contribution in [0.15, 0.2) is 36.5 Å². The molecule has 0 amide bonds. The van der Waals surface area contributed by atoms with Gasteiger partial charge in [0.15, 0.2) is 0 Å². The minimum absolute atomic E-state index is 0.270. The lowest BCUT2D eigenvalue weighted by Crippen LogP contribution is -2.03. The van der Waals surface area contributed by atoms with Crippen molar-refractivity contribution in [3.63, 3.8) is 0 Å². The molecule has 2 aromatic carbocycles. The van der Waals surface area contributed by atoms with Crippen LogP contribution in [-0.2, 0) is 5.75 Å². The maximum Gasteiger partial charge on any atom is 0.128 e. The van der Waals surface area contributed by atoms with Gasteiger partial charge in [-0.2, -0.15) is 17.0 Å². The summed E-state index contributed by atoms with van der Waals surface area (Å²) in [5.41, 5.74) is 2.97. The number of halogens is 3. The highest BCUT2D eigenvalue weighted by molar-refractivity contribution is 7.97. The first-order valence-corrected chi connectivity index (χ1v) is 9.92. The van der Waals surface area contributed by atoms with Gasteiger partial charge in [-0.3, -0.25) is 0 Å². The molecule has 0 aliphatic carbocycles. The third-order valence-electron chi connectivity index (χ3n) is 4.43. The molecule has 1 N–H and O–H groups in total. The highest BCUT2D eigenvalue weighted by Gasteiger charge is 2.22. The second-order valence-electron chi connectivity index (χ2n) is 6.08. The summed E-state index contributed by atoms with van der Waals surface area (Å²) in [5.74, 6) is -0.426. The number of fused-ring (bicyclic) bond motifs is 1. The first-order valence-electron chi connectivity index (χ1n) is 8.15. The molecule has 1 unspecified atom stereocenters. The van der Waals surface area contributed by atoms with Crippen molar-refractivity contribution in [2.75, 3.05) is 6.26 Å². The predicted molar refractivity (Wildman–Crippen MR) is 104 cm³/mol. The largest absolute Gasteiger partial charge is 0.361 e. The molecular weight excluding hydrogens is 374 g/mol. The van der Waals surface area contributed by atoms with Crippen LogP contribution in [0.5, 0.6) is 0 Å². The lowest BCUT2D eigenvalue weighted by atomic mass is 9.87. The Kier molecular flexibility index (Phi) is 5.85. The second kappa shape index (κ2) is 8.11. The lowest BCUT2D eigenvalue weighted by Gasteiger charge is -2.17. The highest BCUT2D eigenvalue weighted by atomic mass is 35.5. The van der Waals surface area contributed by atoms with Crippen LogP contribution in [0.3, 0.4) is 0 Å². The standard InChI is InChI=1S/C20H17ClF2N2S/c1-26-11-12-7-14(22)9-17-18(10-25-20(12)17)15(3-2-6-24)16-5-4-13(21)8-19(16)23/h4-5,7-10,15,25H,2-3,11H2,1H3. The molecule has 0 fully saturated rings. The molecule has 1 aromatic heterocycles. The summed E-state index contributed by atoms with van der Waals surface area (Å²) in [4.78, 5) is 3.21. The fourth-order valence-electron chi connectivity index (χ4n) is 3.32. The molecule has 134 valence electrons. The topological polar surface area (TPSA) is 39.6 Å². The van der Waals surface area contributed by atoms with Crippen molar-refractivity contribution in [3.05, 3.63) is 69.9 Å². The molecule has 1 atom stereocenters. The number of nitrogens with zero attached hydrogens (tertiary/aromatic N) is 1. The van der Waals surface area contributed by atoms with E-state index in [1.807, 2.05) is 6.26 Å². The lowest BCUT2D eigenvalue weighted by molar-refractivity contribution is 0.588. The Labute approximate surface area is 160 Å². The number of hydrogen-bond donors (Lipinski definition) is 1. The molecule has 3 aromatic rings. The van der Waals surface area contributed by atoms with E-state index >= 15 is 0 Å². The summed E-state index contributed by atoms with van der Waals surface area (Å²) < 4.78 is 28.7. The van der Waals surface area contributed by atoms with Gasteiger partial charge in [0, 0.05) is 40.2 Å². The van der Waals surface area contributed by atoms with Gasteiger partial charge in [-0.1, -0.05) is 17.7 Å². The monoisotopic (exact) mass is 390 g/mol. The maximum absolute atomic E-state index is 14.5. The Morgan fingerprint density at radius 3 is 2.73 bits per heavy atom. The maximum atomic E-state index is 14.5. The Bertz CT molecular complexity index is 978. The van der Waals surface area contributed by atoms with E-state index in [1.54, 1.807) is 30.1 Å². The third kappa shape index (κ3) is 3.72. The smallest absolute Gasteiger partial charge is 0.128 e. The van der Waals surface area contributed by atoms with Crippen molar-refractivity contribution < 1.29 is 8.78 Å². The molecule has 2 nitrogen and oxygen atoms in total. The van der Waals surface area contributed by atoms with Crippen LogP contribution in [0.1, 0.15) is 35.4 Å². The van der Waals surface area contributed by atoms with E-state index in [0.717, 1.165) is 22.0 Å². The number of thioether (sulfide) groups is 1. The molecule has 0 aliphatic rings. The fourth-order valence-corrected chi connectivity index (χ4v) is 4.02. The predicted octanol–water partition coefficient (Wildman–Crippen LogP) is 6.40. The molecule has 0 aliphatic heterocycles. The minimum Gasteiger partial charge on any atom is -0.361 e. The number of nitriles is 1. The normalized spacial score (nSPS) is 12.3. The van der Waals surface area contributed by atoms with E-state index < -0.39 is 5.82 Å². The van der Waals surface area contributed by atoms with Crippen LogP contribution < -0.4 is 0 Å². The first-order chi connectivity index (χ1) is 12.5. The summed E-state index contributed by atoms with van der Waals surface area (Å²) in [6.45, 7) is 0. The van der Waals surface area contributed by atoms with E-state index in [2.05, 4.69) is 11.1 Å². The average Bonchev–Trinajstić information content (AvgIpc) is 3.01. The molecule has 0 saturated heterocycles. The quantitative estimate of drug-likeness (QED) is 0.529. The van der Waals surface area contributed by atoms with Gasteiger partial charge < -0.3 is 4.98 Å². The summed E-state index contributed by atoms with van der Waals surface area (Å²) in [6, 6.07) is 9.65. The summed E-state index contributed by atoms with van der Waals surface area (Å²) in [5, 5.41) is 10.1. The molecule has 0 spiro atoms. The molecule has 26 heavy (non-hydrogen) atoms. The first kappa shape index (κ1) is 18.8.